The SMILES string of the molecule is COc1ccc(C2=C(Nc3cccc(OC)c3)C(=O)N(c3cccc4ccccc34)C2=O)cc1. The highest BCUT2D eigenvalue weighted by atomic mass is 16.5. The Kier molecular flexibility index (Phi) is 5.47. The zero-order chi connectivity index (χ0) is 23.7. The molecule has 168 valence electrons. The van der Waals surface area contributed by atoms with E-state index in [-0.39, 0.29) is 5.70 Å². The number of hydrogen-bond donors (Lipinski definition) is 1. The van der Waals surface area contributed by atoms with Crippen LogP contribution in [0.15, 0.2) is 96.7 Å². The minimum Gasteiger partial charge on any atom is -0.497 e. The highest BCUT2D eigenvalue weighted by Crippen LogP contribution is 2.37. The summed E-state index contributed by atoms with van der Waals surface area (Å²) in [6.07, 6.45) is 0. The van der Waals surface area contributed by atoms with Crippen LogP contribution in [0.1, 0.15) is 5.56 Å². The van der Waals surface area contributed by atoms with Crippen molar-refractivity contribution in [2.45, 2.75) is 0 Å². The van der Waals surface area contributed by atoms with Crippen LogP contribution in [0.3, 0.4) is 0 Å². The molecule has 5 rings (SSSR count). The molecule has 0 atom stereocenters. The Labute approximate surface area is 197 Å². The molecule has 1 aliphatic rings. The van der Waals surface area contributed by atoms with Gasteiger partial charge in [-0.3, -0.25) is 9.59 Å². The fraction of sp³-hybridized carbons (Fsp3) is 0.0714. The van der Waals surface area contributed by atoms with Gasteiger partial charge in [-0.15, -0.1) is 0 Å². The van der Waals surface area contributed by atoms with Crippen LogP contribution in [0, 0.1) is 0 Å². The van der Waals surface area contributed by atoms with Crippen molar-refractivity contribution < 1.29 is 19.1 Å². The molecule has 6 nitrogen and oxygen atoms in total. The number of hydrogen-bond acceptors (Lipinski definition) is 5. The number of amides is 2. The van der Waals surface area contributed by atoms with Crippen molar-refractivity contribution in [2.75, 3.05) is 24.4 Å². The molecule has 0 bridgehead atoms. The van der Waals surface area contributed by atoms with Crippen LogP contribution >= 0.6 is 0 Å². The van der Waals surface area contributed by atoms with Gasteiger partial charge < -0.3 is 14.8 Å². The molecule has 0 radical (unpaired) electrons. The summed E-state index contributed by atoms with van der Waals surface area (Å²) in [4.78, 5) is 28.8. The summed E-state index contributed by atoms with van der Waals surface area (Å²) in [6, 6.07) is 27.6. The average Bonchev–Trinajstić information content (AvgIpc) is 3.12. The third-order valence-corrected chi connectivity index (χ3v) is 5.81. The summed E-state index contributed by atoms with van der Waals surface area (Å²) < 4.78 is 10.6. The monoisotopic (exact) mass is 450 g/mol. The van der Waals surface area contributed by atoms with Crippen molar-refractivity contribution in [2.24, 2.45) is 0 Å². The van der Waals surface area contributed by atoms with E-state index in [0.29, 0.717) is 34.0 Å². The van der Waals surface area contributed by atoms with Gasteiger partial charge in [-0.25, -0.2) is 4.90 Å². The molecule has 4 aromatic rings. The van der Waals surface area contributed by atoms with Gasteiger partial charge in [-0.05, 0) is 41.3 Å². The first-order valence-electron chi connectivity index (χ1n) is 10.8. The largest absolute Gasteiger partial charge is 0.497 e. The van der Waals surface area contributed by atoms with Gasteiger partial charge in [0.25, 0.3) is 11.8 Å². The number of imide groups is 1. The number of anilines is 2. The number of nitrogens with zero attached hydrogens (tertiary/aromatic N) is 1. The first-order chi connectivity index (χ1) is 16.6. The van der Waals surface area contributed by atoms with Gasteiger partial charge in [0.1, 0.15) is 17.2 Å². The van der Waals surface area contributed by atoms with E-state index in [1.54, 1.807) is 50.6 Å². The smallest absolute Gasteiger partial charge is 0.282 e. The van der Waals surface area contributed by atoms with E-state index in [0.717, 1.165) is 10.8 Å². The minimum atomic E-state index is -0.421. The predicted molar refractivity (Wildman–Crippen MR) is 133 cm³/mol. The van der Waals surface area contributed by atoms with Crippen molar-refractivity contribution in [1.82, 2.24) is 0 Å². The standard InChI is InChI=1S/C28H22N2O4/c1-33-21-15-13-19(14-16-21)25-26(29-20-9-6-10-22(17-20)34-2)28(32)30(27(25)31)24-12-5-8-18-7-3-4-11-23(18)24/h3-17,29H,1-2H3. The number of benzene rings is 4. The zero-order valence-corrected chi connectivity index (χ0v) is 18.7. The number of rotatable bonds is 6. The fourth-order valence-corrected chi connectivity index (χ4v) is 4.14. The molecule has 0 saturated carbocycles. The lowest BCUT2D eigenvalue weighted by molar-refractivity contribution is -0.120. The number of carbonyl (C=O) groups is 2. The topological polar surface area (TPSA) is 67.9 Å². The quantitative estimate of drug-likeness (QED) is 0.406. The van der Waals surface area contributed by atoms with Gasteiger partial charge in [0.05, 0.1) is 25.5 Å². The maximum absolute atomic E-state index is 13.8. The number of methoxy groups -OCH3 is 2. The van der Waals surface area contributed by atoms with E-state index in [4.69, 9.17) is 9.47 Å². The highest BCUT2D eigenvalue weighted by molar-refractivity contribution is 6.47. The molecule has 4 aromatic carbocycles. The molecule has 1 heterocycles. The van der Waals surface area contributed by atoms with Crippen LogP contribution in [-0.2, 0) is 9.59 Å². The molecular weight excluding hydrogens is 428 g/mol. The van der Waals surface area contributed by atoms with E-state index < -0.39 is 11.8 Å². The highest BCUT2D eigenvalue weighted by Gasteiger charge is 2.40. The molecule has 0 aliphatic carbocycles. The molecule has 34 heavy (non-hydrogen) atoms. The summed E-state index contributed by atoms with van der Waals surface area (Å²) in [5, 5.41) is 4.94. The van der Waals surface area contributed by atoms with Crippen molar-refractivity contribution in [3.05, 3.63) is 102 Å². The lowest BCUT2D eigenvalue weighted by Gasteiger charge is -2.18. The van der Waals surface area contributed by atoms with Crippen molar-refractivity contribution in [3.63, 3.8) is 0 Å². The number of nitrogens with one attached hydrogen (secondary N) is 1. The molecule has 0 saturated heterocycles. The summed E-state index contributed by atoms with van der Waals surface area (Å²) >= 11 is 0. The minimum absolute atomic E-state index is 0.205. The van der Waals surface area contributed by atoms with E-state index in [1.807, 2.05) is 54.6 Å². The molecule has 0 fully saturated rings. The Morgan fingerprint density at radius 3 is 2.18 bits per heavy atom. The van der Waals surface area contributed by atoms with Crippen LogP contribution in [0.25, 0.3) is 16.3 Å². The van der Waals surface area contributed by atoms with E-state index >= 15 is 0 Å². The molecule has 6 heteroatoms. The molecule has 0 spiro atoms. The summed E-state index contributed by atoms with van der Waals surface area (Å²) in [7, 11) is 3.16. The van der Waals surface area contributed by atoms with E-state index in [9.17, 15) is 9.59 Å². The maximum atomic E-state index is 13.8. The van der Waals surface area contributed by atoms with Crippen LogP contribution in [0.2, 0.25) is 0 Å². The Morgan fingerprint density at radius 2 is 1.41 bits per heavy atom. The fourth-order valence-electron chi connectivity index (χ4n) is 4.14. The van der Waals surface area contributed by atoms with Gasteiger partial charge in [0.15, 0.2) is 0 Å². The lowest BCUT2D eigenvalue weighted by atomic mass is 10.0. The first kappa shape index (κ1) is 21.3. The summed E-state index contributed by atoms with van der Waals surface area (Å²) in [6.45, 7) is 0. The molecular formula is C28H22N2O4. The summed E-state index contributed by atoms with van der Waals surface area (Å²) in [5.41, 5.74) is 2.30. The Balaban J connectivity index is 1.65. The normalized spacial score (nSPS) is 13.5. The van der Waals surface area contributed by atoms with Gasteiger partial charge in [0.2, 0.25) is 0 Å². The molecule has 1 N–H and O–H groups in total. The Morgan fingerprint density at radius 1 is 0.706 bits per heavy atom. The van der Waals surface area contributed by atoms with Crippen LogP contribution in [0.4, 0.5) is 11.4 Å². The third kappa shape index (κ3) is 3.65. The van der Waals surface area contributed by atoms with Gasteiger partial charge in [-0.2, -0.15) is 0 Å². The second-order valence-electron chi connectivity index (χ2n) is 7.78. The number of ether oxygens (including phenoxy) is 2. The van der Waals surface area contributed by atoms with Crippen LogP contribution in [0.5, 0.6) is 11.5 Å². The number of carbonyl (C=O) groups excluding carboxylic acids is 2. The average molecular weight is 450 g/mol. The first-order valence-corrected chi connectivity index (χ1v) is 10.8. The van der Waals surface area contributed by atoms with E-state index in [1.165, 1.54) is 4.90 Å². The second kappa shape index (κ2) is 8.75. The van der Waals surface area contributed by atoms with Crippen molar-refractivity contribution in [3.8, 4) is 11.5 Å². The van der Waals surface area contributed by atoms with Crippen LogP contribution in [-0.4, -0.2) is 26.0 Å². The lowest BCUT2D eigenvalue weighted by Crippen LogP contribution is -2.32. The molecule has 1 aliphatic heterocycles. The zero-order valence-electron chi connectivity index (χ0n) is 18.7. The number of fused-ring (bicyclic) bond motifs is 1. The molecule has 0 aromatic heterocycles. The van der Waals surface area contributed by atoms with Gasteiger partial charge >= 0.3 is 0 Å². The van der Waals surface area contributed by atoms with Crippen LogP contribution < -0.4 is 19.7 Å². The molecule has 2 amide bonds. The summed E-state index contributed by atoms with van der Waals surface area (Å²) in [5.74, 6) is 0.487. The Hall–Kier alpha value is -4.58. The maximum Gasteiger partial charge on any atom is 0.282 e. The van der Waals surface area contributed by atoms with Gasteiger partial charge in [0, 0.05) is 17.1 Å². The van der Waals surface area contributed by atoms with E-state index in [2.05, 4.69) is 5.32 Å². The second-order valence-corrected chi connectivity index (χ2v) is 7.78. The predicted octanol–water partition coefficient (Wildman–Crippen LogP) is 5.25. The third-order valence-electron chi connectivity index (χ3n) is 5.81. The van der Waals surface area contributed by atoms with Crippen molar-refractivity contribution >= 4 is 39.5 Å². The van der Waals surface area contributed by atoms with Crippen molar-refractivity contribution in [1.29, 1.82) is 0 Å². The van der Waals surface area contributed by atoms with Gasteiger partial charge in [-0.1, -0.05) is 54.6 Å². The molecule has 0 unspecified atom stereocenters. The Bertz CT molecular complexity index is 1440.